The fraction of sp³-hybridized carbons (Fsp3) is 0.440. The molecule has 34 heavy (non-hydrogen) atoms. The number of aliphatic hydroxyl groups is 1. The van der Waals surface area contributed by atoms with Gasteiger partial charge in [0.25, 0.3) is 10.0 Å². The van der Waals surface area contributed by atoms with Crippen LogP contribution in [0.2, 0.25) is 0 Å². The van der Waals surface area contributed by atoms with Crippen LogP contribution in [0.5, 0.6) is 5.75 Å². The largest absolute Gasteiger partial charge is 0.485 e. The summed E-state index contributed by atoms with van der Waals surface area (Å²) in [5.74, 6) is 1.46. The number of hydrogen-bond acceptors (Lipinski definition) is 6. The van der Waals surface area contributed by atoms with Crippen molar-refractivity contribution in [3.8, 4) is 5.75 Å². The first-order valence-corrected chi connectivity index (χ1v) is 13.2. The Labute approximate surface area is 200 Å². The average molecular weight is 483 g/mol. The molecule has 0 radical (unpaired) electrons. The molecule has 3 aromatic rings. The van der Waals surface area contributed by atoms with Gasteiger partial charge in [-0.1, -0.05) is 19.1 Å². The number of sulfonamides is 1. The molecular weight excluding hydrogens is 452 g/mol. The highest BCUT2D eigenvalue weighted by molar-refractivity contribution is 7.92. The maximum atomic E-state index is 14.0. The van der Waals surface area contributed by atoms with Crippen LogP contribution in [0.1, 0.15) is 48.7 Å². The molecule has 1 atom stereocenters. The number of fused-ring (bicyclic) bond motifs is 1. The van der Waals surface area contributed by atoms with Crippen LogP contribution in [0.25, 0.3) is 0 Å². The van der Waals surface area contributed by atoms with Gasteiger partial charge in [0.05, 0.1) is 17.2 Å². The zero-order chi connectivity index (χ0) is 23.9. The van der Waals surface area contributed by atoms with Crippen molar-refractivity contribution in [2.24, 2.45) is 13.0 Å². The normalized spacial score (nSPS) is 18.1. The van der Waals surface area contributed by atoms with Crippen molar-refractivity contribution in [2.75, 3.05) is 4.31 Å². The third-order valence-electron chi connectivity index (χ3n) is 6.89. The molecule has 2 heterocycles. The van der Waals surface area contributed by atoms with Crippen molar-refractivity contribution in [3.05, 3.63) is 65.2 Å². The van der Waals surface area contributed by atoms with E-state index in [1.165, 1.54) is 11.6 Å². The topological polar surface area (TPSA) is 97.5 Å². The van der Waals surface area contributed by atoms with Gasteiger partial charge in [0.2, 0.25) is 0 Å². The molecule has 0 amide bonds. The van der Waals surface area contributed by atoms with Gasteiger partial charge in [-0.25, -0.2) is 8.42 Å². The average Bonchev–Trinajstić information content (AvgIpc) is 3.62. The van der Waals surface area contributed by atoms with Gasteiger partial charge in [-0.3, -0.25) is 4.31 Å². The molecule has 0 saturated heterocycles. The van der Waals surface area contributed by atoms with Crippen molar-refractivity contribution < 1.29 is 18.3 Å². The minimum Gasteiger partial charge on any atom is -0.485 e. The van der Waals surface area contributed by atoms with Crippen molar-refractivity contribution in [2.45, 2.75) is 63.2 Å². The highest BCUT2D eigenvalue weighted by Gasteiger charge is 2.43. The Bertz CT molecular complexity index is 1300. The minimum absolute atomic E-state index is 0.0330. The second-order valence-corrected chi connectivity index (χ2v) is 11.0. The molecule has 1 aliphatic carbocycles. The molecule has 5 rings (SSSR count). The van der Waals surface area contributed by atoms with Gasteiger partial charge in [0, 0.05) is 18.7 Å². The van der Waals surface area contributed by atoms with Crippen LogP contribution in [0.4, 0.5) is 5.69 Å². The summed E-state index contributed by atoms with van der Waals surface area (Å²) in [6.07, 6.45) is 6.35. The Morgan fingerprint density at radius 1 is 1.15 bits per heavy atom. The van der Waals surface area contributed by atoms with Crippen LogP contribution in [0.15, 0.2) is 47.6 Å². The first-order valence-electron chi connectivity index (χ1n) is 11.8. The summed E-state index contributed by atoms with van der Waals surface area (Å²) in [5.41, 5.74) is 3.51. The molecule has 2 aromatic carbocycles. The summed E-state index contributed by atoms with van der Waals surface area (Å²) in [4.78, 5) is 0.167. The lowest BCUT2D eigenvalue weighted by Gasteiger charge is -2.38. The number of rotatable bonds is 8. The molecule has 1 fully saturated rings. The number of hydrogen-bond donors (Lipinski definition) is 1. The van der Waals surface area contributed by atoms with E-state index in [4.69, 9.17) is 4.74 Å². The summed E-state index contributed by atoms with van der Waals surface area (Å²) in [7, 11) is -2.01. The second-order valence-electron chi connectivity index (χ2n) is 9.14. The molecule has 1 aliphatic heterocycles. The van der Waals surface area contributed by atoms with E-state index in [-0.39, 0.29) is 24.2 Å². The first kappa shape index (κ1) is 22.9. The standard InChI is InChI=1S/C25H30N4O4S/c1-3-17-4-9-23-19(12-17)7-10-22(18-5-6-18)29(23)34(31,32)21-8-11-24(20(13-21)14-30)33-15-25-27-26-16-28(25)2/h4,8-9,11-13,16,18,22,30H,3,5-7,10,14-15H2,1-2H3. The lowest BCUT2D eigenvalue weighted by Crippen LogP contribution is -2.45. The fourth-order valence-electron chi connectivity index (χ4n) is 4.76. The maximum absolute atomic E-state index is 14.0. The zero-order valence-corrected chi connectivity index (χ0v) is 20.3. The number of aliphatic hydroxyl groups excluding tert-OH is 1. The maximum Gasteiger partial charge on any atom is 0.264 e. The van der Waals surface area contributed by atoms with E-state index in [9.17, 15) is 13.5 Å². The minimum atomic E-state index is -3.82. The Kier molecular flexibility index (Phi) is 6.07. The monoisotopic (exact) mass is 482 g/mol. The zero-order valence-electron chi connectivity index (χ0n) is 19.5. The number of ether oxygens (including phenoxy) is 1. The summed E-state index contributed by atoms with van der Waals surface area (Å²) < 4.78 is 37.2. The lowest BCUT2D eigenvalue weighted by molar-refractivity contribution is 0.253. The second kappa shape index (κ2) is 9.03. The molecular formula is C25H30N4O4S. The van der Waals surface area contributed by atoms with Gasteiger partial charge < -0.3 is 14.4 Å². The third-order valence-corrected chi connectivity index (χ3v) is 8.72. The molecule has 0 bridgehead atoms. The van der Waals surface area contributed by atoms with Crippen molar-refractivity contribution in [1.29, 1.82) is 0 Å². The van der Waals surface area contributed by atoms with E-state index in [0.29, 0.717) is 23.1 Å². The smallest absolute Gasteiger partial charge is 0.264 e. The quantitative estimate of drug-likeness (QED) is 0.529. The summed E-state index contributed by atoms with van der Waals surface area (Å²) >= 11 is 0. The van der Waals surface area contributed by atoms with Gasteiger partial charge >= 0.3 is 0 Å². The van der Waals surface area contributed by atoms with Crippen LogP contribution in [-0.2, 0) is 43.1 Å². The van der Waals surface area contributed by atoms with Crippen LogP contribution < -0.4 is 9.04 Å². The van der Waals surface area contributed by atoms with Crippen LogP contribution in [-0.4, -0.2) is 34.3 Å². The molecule has 1 saturated carbocycles. The van der Waals surface area contributed by atoms with Gasteiger partial charge in [-0.15, -0.1) is 10.2 Å². The first-order chi connectivity index (χ1) is 16.4. The van der Waals surface area contributed by atoms with E-state index in [0.717, 1.165) is 43.4 Å². The molecule has 2 aliphatic rings. The van der Waals surface area contributed by atoms with E-state index in [2.05, 4.69) is 23.2 Å². The summed E-state index contributed by atoms with van der Waals surface area (Å²) in [5, 5.41) is 17.8. The molecule has 1 aromatic heterocycles. The molecule has 180 valence electrons. The predicted octanol–water partition coefficient (Wildman–Crippen LogP) is 3.37. The molecule has 1 unspecified atom stereocenters. The Morgan fingerprint density at radius 3 is 2.65 bits per heavy atom. The number of benzene rings is 2. The van der Waals surface area contributed by atoms with Crippen LogP contribution in [0.3, 0.4) is 0 Å². The van der Waals surface area contributed by atoms with E-state index < -0.39 is 10.0 Å². The summed E-state index contributed by atoms with van der Waals surface area (Å²) in [6, 6.07) is 10.8. The number of aryl methyl sites for hydroxylation is 3. The SMILES string of the molecule is CCc1ccc2c(c1)CCC(C1CC1)N2S(=O)(=O)c1ccc(OCc2nncn2C)c(CO)c1. The summed E-state index contributed by atoms with van der Waals surface area (Å²) in [6.45, 7) is 1.94. The van der Waals surface area contributed by atoms with Gasteiger partial charge in [-0.2, -0.15) is 0 Å². The third kappa shape index (κ3) is 4.18. The molecule has 0 spiro atoms. The Balaban J connectivity index is 1.49. The van der Waals surface area contributed by atoms with Crippen LogP contribution in [0, 0.1) is 5.92 Å². The highest BCUT2D eigenvalue weighted by atomic mass is 32.2. The van der Waals surface area contributed by atoms with Gasteiger partial charge in [0.15, 0.2) is 5.82 Å². The van der Waals surface area contributed by atoms with Crippen molar-refractivity contribution in [1.82, 2.24) is 14.8 Å². The molecule has 1 N–H and O–H groups in total. The predicted molar refractivity (Wildman–Crippen MR) is 128 cm³/mol. The van der Waals surface area contributed by atoms with Gasteiger partial charge in [0.1, 0.15) is 18.7 Å². The molecule has 9 heteroatoms. The number of nitrogens with zero attached hydrogens (tertiary/aromatic N) is 4. The van der Waals surface area contributed by atoms with Crippen molar-refractivity contribution in [3.63, 3.8) is 0 Å². The van der Waals surface area contributed by atoms with Crippen LogP contribution >= 0.6 is 0 Å². The molecule has 8 nitrogen and oxygen atoms in total. The van der Waals surface area contributed by atoms with Gasteiger partial charge in [-0.05, 0) is 73.4 Å². The van der Waals surface area contributed by atoms with E-state index in [1.807, 2.05) is 19.2 Å². The number of anilines is 1. The van der Waals surface area contributed by atoms with E-state index >= 15 is 0 Å². The highest BCUT2D eigenvalue weighted by Crippen LogP contribution is 2.45. The lowest BCUT2D eigenvalue weighted by atomic mass is 9.93. The van der Waals surface area contributed by atoms with E-state index in [1.54, 1.807) is 27.3 Å². The van der Waals surface area contributed by atoms with Crippen molar-refractivity contribution >= 4 is 15.7 Å². The Hall–Kier alpha value is -2.91. The Morgan fingerprint density at radius 2 is 1.97 bits per heavy atom. The fourth-order valence-corrected chi connectivity index (χ4v) is 6.59. The number of aromatic nitrogens is 3.